The van der Waals surface area contributed by atoms with E-state index in [1.54, 1.807) is 58.4 Å². The molecule has 3 aromatic rings. The summed E-state index contributed by atoms with van der Waals surface area (Å²) in [5.41, 5.74) is 2.20. The van der Waals surface area contributed by atoms with Gasteiger partial charge < -0.3 is 14.8 Å². The molecule has 1 aliphatic heterocycles. The first-order chi connectivity index (χ1) is 13.6. The Kier molecular flexibility index (Phi) is 4.89. The molecule has 6 nitrogen and oxygen atoms in total. The molecule has 3 heterocycles. The molecule has 0 fully saturated rings. The van der Waals surface area contributed by atoms with Gasteiger partial charge in [0.2, 0.25) is 5.91 Å². The van der Waals surface area contributed by atoms with Gasteiger partial charge in [-0.1, -0.05) is 18.2 Å². The van der Waals surface area contributed by atoms with Gasteiger partial charge in [0.25, 0.3) is 5.91 Å². The number of halogens is 1. The summed E-state index contributed by atoms with van der Waals surface area (Å²) in [5, 5.41) is 2.86. The summed E-state index contributed by atoms with van der Waals surface area (Å²) in [7, 11) is 0. The molecule has 2 aromatic heterocycles. The van der Waals surface area contributed by atoms with Crippen molar-refractivity contribution in [3.63, 3.8) is 0 Å². The summed E-state index contributed by atoms with van der Waals surface area (Å²) in [6, 6.07) is 12.5. The Bertz CT molecular complexity index is 985. The number of nitrogens with one attached hydrogen (secondary N) is 1. The SMILES string of the molecule is O=C(NCc1ccc(F)cc1)C1Cn2cccc2C(=O)N1Cc1cccnc1. The molecule has 0 bridgehead atoms. The topological polar surface area (TPSA) is 67.2 Å². The molecule has 1 N–H and O–H groups in total. The van der Waals surface area contributed by atoms with Gasteiger partial charge in [0.05, 0.1) is 6.54 Å². The quantitative estimate of drug-likeness (QED) is 0.741. The first-order valence-corrected chi connectivity index (χ1v) is 8.99. The van der Waals surface area contributed by atoms with E-state index in [0.29, 0.717) is 18.8 Å². The van der Waals surface area contributed by atoms with Gasteiger partial charge in [-0.25, -0.2) is 4.39 Å². The van der Waals surface area contributed by atoms with E-state index in [-0.39, 0.29) is 24.2 Å². The zero-order valence-electron chi connectivity index (χ0n) is 15.1. The zero-order valence-corrected chi connectivity index (χ0v) is 15.1. The number of hydrogen-bond donors (Lipinski definition) is 1. The predicted molar refractivity (Wildman–Crippen MR) is 101 cm³/mol. The Morgan fingerprint density at radius 2 is 1.96 bits per heavy atom. The van der Waals surface area contributed by atoms with Crippen LogP contribution in [0.15, 0.2) is 67.1 Å². The molecule has 1 unspecified atom stereocenters. The lowest BCUT2D eigenvalue weighted by atomic mass is 10.1. The van der Waals surface area contributed by atoms with Crippen molar-refractivity contribution in [3.05, 3.63) is 89.8 Å². The number of nitrogens with zero attached hydrogens (tertiary/aromatic N) is 3. The fraction of sp³-hybridized carbons (Fsp3) is 0.190. The number of benzene rings is 1. The van der Waals surface area contributed by atoms with Crippen molar-refractivity contribution in [1.82, 2.24) is 19.8 Å². The van der Waals surface area contributed by atoms with Crippen molar-refractivity contribution < 1.29 is 14.0 Å². The largest absolute Gasteiger partial charge is 0.350 e. The van der Waals surface area contributed by atoms with Gasteiger partial charge in [-0.05, 0) is 41.5 Å². The van der Waals surface area contributed by atoms with Crippen LogP contribution in [0.2, 0.25) is 0 Å². The highest BCUT2D eigenvalue weighted by Gasteiger charge is 2.36. The van der Waals surface area contributed by atoms with Crippen LogP contribution in [0.3, 0.4) is 0 Å². The average Bonchev–Trinajstić information content (AvgIpc) is 3.19. The second-order valence-corrected chi connectivity index (χ2v) is 6.70. The van der Waals surface area contributed by atoms with Gasteiger partial charge in [0.1, 0.15) is 17.6 Å². The number of carbonyl (C=O) groups is 2. The molecule has 28 heavy (non-hydrogen) atoms. The number of hydrogen-bond acceptors (Lipinski definition) is 3. The molecule has 7 heteroatoms. The molecule has 0 radical (unpaired) electrons. The summed E-state index contributed by atoms with van der Waals surface area (Å²) in [4.78, 5) is 31.5. The van der Waals surface area contributed by atoms with E-state index in [0.717, 1.165) is 11.1 Å². The monoisotopic (exact) mass is 378 g/mol. The number of aromatic nitrogens is 2. The molecule has 1 aliphatic rings. The lowest BCUT2D eigenvalue weighted by Crippen LogP contribution is -2.54. The van der Waals surface area contributed by atoms with Gasteiger partial charge in [0.15, 0.2) is 0 Å². The van der Waals surface area contributed by atoms with Gasteiger partial charge in [0, 0.05) is 31.7 Å². The van der Waals surface area contributed by atoms with Crippen molar-refractivity contribution >= 4 is 11.8 Å². The summed E-state index contributed by atoms with van der Waals surface area (Å²) in [6.45, 7) is 0.944. The number of carbonyl (C=O) groups excluding carboxylic acids is 2. The maximum atomic E-state index is 13.0. The molecule has 142 valence electrons. The maximum absolute atomic E-state index is 13.0. The minimum absolute atomic E-state index is 0.193. The van der Waals surface area contributed by atoms with Gasteiger partial charge in [-0.3, -0.25) is 14.6 Å². The Morgan fingerprint density at radius 1 is 1.14 bits per heavy atom. The average molecular weight is 378 g/mol. The molecular formula is C21H19FN4O2. The highest BCUT2D eigenvalue weighted by Crippen LogP contribution is 2.21. The zero-order chi connectivity index (χ0) is 19.5. The highest BCUT2D eigenvalue weighted by atomic mass is 19.1. The van der Waals surface area contributed by atoms with E-state index in [2.05, 4.69) is 10.3 Å². The number of rotatable bonds is 5. The summed E-state index contributed by atoms with van der Waals surface area (Å²) < 4.78 is 14.8. The van der Waals surface area contributed by atoms with Crippen LogP contribution in [0, 0.1) is 5.82 Å². The standard InChI is InChI=1S/C21H19FN4O2/c22-17-7-5-15(6-8-17)12-24-20(27)19-14-25-10-2-4-18(25)21(28)26(19)13-16-3-1-9-23-11-16/h1-11,19H,12-14H2,(H,24,27). The first kappa shape index (κ1) is 17.9. The van der Waals surface area contributed by atoms with E-state index in [1.165, 1.54) is 12.1 Å². The molecule has 1 aromatic carbocycles. The molecule has 4 rings (SSSR count). The molecule has 0 saturated heterocycles. The molecule has 2 amide bonds. The summed E-state index contributed by atoms with van der Waals surface area (Å²) >= 11 is 0. The normalized spacial score (nSPS) is 16.0. The Labute approximate surface area is 161 Å². The minimum atomic E-state index is -0.645. The second-order valence-electron chi connectivity index (χ2n) is 6.70. The number of amides is 2. The second kappa shape index (κ2) is 7.64. The Morgan fingerprint density at radius 3 is 2.71 bits per heavy atom. The number of pyridine rings is 1. The minimum Gasteiger partial charge on any atom is -0.350 e. The third-order valence-electron chi connectivity index (χ3n) is 4.81. The van der Waals surface area contributed by atoms with Gasteiger partial charge >= 0.3 is 0 Å². The third-order valence-corrected chi connectivity index (χ3v) is 4.81. The molecule has 0 aliphatic carbocycles. The van der Waals surface area contributed by atoms with Gasteiger partial charge in [-0.15, -0.1) is 0 Å². The fourth-order valence-corrected chi connectivity index (χ4v) is 3.35. The van der Waals surface area contributed by atoms with Crippen molar-refractivity contribution in [2.45, 2.75) is 25.7 Å². The van der Waals surface area contributed by atoms with Crippen LogP contribution in [0.1, 0.15) is 21.6 Å². The maximum Gasteiger partial charge on any atom is 0.271 e. The van der Waals surface area contributed by atoms with Gasteiger partial charge in [-0.2, -0.15) is 0 Å². The molecule has 0 spiro atoms. The van der Waals surface area contributed by atoms with Crippen molar-refractivity contribution in [2.24, 2.45) is 0 Å². The van der Waals surface area contributed by atoms with Crippen LogP contribution in [0.4, 0.5) is 4.39 Å². The van der Waals surface area contributed by atoms with Crippen molar-refractivity contribution in [1.29, 1.82) is 0 Å². The Balaban J connectivity index is 1.54. The van der Waals surface area contributed by atoms with Crippen LogP contribution in [-0.2, 0) is 24.4 Å². The van der Waals surface area contributed by atoms with Crippen LogP contribution >= 0.6 is 0 Å². The van der Waals surface area contributed by atoms with Crippen molar-refractivity contribution in [3.8, 4) is 0 Å². The summed E-state index contributed by atoms with van der Waals surface area (Å²) in [6.07, 6.45) is 5.16. The van der Waals surface area contributed by atoms with E-state index in [9.17, 15) is 14.0 Å². The molecular weight excluding hydrogens is 359 g/mol. The van der Waals surface area contributed by atoms with E-state index in [1.807, 2.05) is 6.07 Å². The lowest BCUT2D eigenvalue weighted by molar-refractivity contribution is -0.126. The first-order valence-electron chi connectivity index (χ1n) is 8.99. The van der Waals surface area contributed by atoms with E-state index in [4.69, 9.17) is 0 Å². The van der Waals surface area contributed by atoms with Crippen LogP contribution in [0.5, 0.6) is 0 Å². The highest BCUT2D eigenvalue weighted by molar-refractivity contribution is 5.97. The van der Waals surface area contributed by atoms with Crippen LogP contribution in [-0.4, -0.2) is 32.3 Å². The van der Waals surface area contributed by atoms with E-state index >= 15 is 0 Å². The predicted octanol–water partition coefficient (Wildman–Crippen LogP) is 2.36. The van der Waals surface area contributed by atoms with E-state index < -0.39 is 6.04 Å². The summed E-state index contributed by atoms with van der Waals surface area (Å²) in [5.74, 6) is -0.765. The smallest absolute Gasteiger partial charge is 0.271 e. The molecule has 0 saturated carbocycles. The number of fused-ring (bicyclic) bond motifs is 1. The lowest BCUT2D eigenvalue weighted by Gasteiger charge is -2.35. The van der Waals surface area contributed by atoms with Crippen LogP contribution in [0.25, 0.3) is 0 Å². The molecule has 1 atom stereocenters. The van der Waals surface area contributed by atoms with Crippen LogP contribution < -0.4 is 5.32 Å². The Hall–Kier alpha value is -3.48. The fourth-order valence-electron chi connectivity index (χ4n) is 3.35. The third kappa shape index (κ3) is 3.64. The van der Waals surface area contributed by atoms with Crippen molar-refractivity contribution in [2.75, 3.05) is 0 Å².